The molecule has 2 aliphatic rings. The summed E-state index contributed by atoms with van der Waals surface area (Å²) in [4.78, 5) is 26.1. The summed E-state index contributed by atoms with van der Waals surface area (Å²) in [6, 6.07) is 10.8. The van der Waals surface area contributed by atoms with Crippen LogP contribution >= 0.6 is 12.4 Å². The highest BCUT2D eigenvalue weighted by molar-refractivity contribution is 5.94. The molecule has 3 heterocycles. The number of amides is 1. The van der Waals surface area contributed by atoms with E-state index in [4.69, 9.17) is 4.42 Å². The average Bonchev–Trinajstić information content (AvgIpc) is 3.27. The molecule has 0 radical (unpaired) electrons. The number of benzene rings is 1. The lowest BCUT2D eigenvalue weighted by Crippen LogP contribution is -2.32. The first-order valence-corrected chi connectivity index (χ1v) is 9.33. The van der Waals surface area contributed by atoms with Crippen LogP contribution in [0.15, 0.2) is 40.8 Å². The first kappa shape index (κ1) is 19.6. The van der Waals surface area contributed by atoms with Crippen molar-refractivity contribution in [3.05, 3.63) is 47.7 Å². The van der Waals surface area contributed by atoms with Gasteiger partial charge in [-0.3, -0.25) is 9.59 Å². The molecule has 0 spiro atoms. The number of hydrogen-bond acceptors (Lipinski definition) is 4. The number of nitrogens with zero attached hydrogens (tertiary/aromatic N) is 1. The average molecular weight is 389 g/mol. The maximum Gasteiger partial charge on any atom is 0.289 e. The van der Waals surface area contributed by atoms with Crippen LogP contribution in [0.4, 0.5) is 0 Å². The van der Waals surface area contributed by atoms with Gasteiger partial charge in [-0.15, -0.1) is 12.4 Å². The normalized spacial score (nSPS) is 21.9. The molecule has 0 unspecified atom stereocenters. The fourth-order valence-corrected chi connectivity index (χ4v) is 4.05. The lowest BCUT2D eigenvalue weighted by atomic mass is 9.92. The molecular formula is C21H25ClN2O3. The number of nitrogens with one attached hydrogen (secondary N) is 1. The molecule has 4 rings (SSSR count). The van der Waals surface area contributed by atoms with Crippen molar-refractivity contribution in [2.45, 2.75) is 19.8 Å². The van der Waals surface area contributed by atoms with E-state index in [1.807, 2.05) is 23.1 Å². The van der Waals surface area contributed by atoms with Crippen molar-refractivity contribution < 1.29 is 14.0 Å². The topological polar surface area (TPSA) is 62.6 Å². The minimum atomic E-state index is -0.0236. The van der Waals surface area contributed by atoms with E-state index in [-0.39, 0.29) is 24.1 Å². The number of carbonyl (C=O) groups is 2. The van der Waals surface area contributed by atoms with Crippen LogP contribution < -0.4 is 5.32 Å². The molecule has 1 aromatic heterocycles. The van der Waals surface area contributed by atoms with Gasteiger partial charge in [0.05, 0.1) is 0 Å². The Morgan fingerprint density at radius 1 is 1.00 bits per heavy atom. The van der Waals surface area contributed by atoms with E-state index in [0.29, 0.717) is 28.9 Å². The lowest BCUT2D eigenvalue weighted by molar-refractivity contribution is 0.0727. The SMILES string of the molecule is CC(=O)c1ccc(-c2ccc(C(=O)N3CC[C@@H]4CNC[C@@H]4CC3)o2)cc1.Cl. The van der Waals surface area contributed by atoms with Crippen LogP contribution in [0.2, 0.25) is 0 Å². The van der Waals surface area contributed by atoms with Gasteiger partial charge in [0.15, 0.2) is 11.5 Å². The van der Waals surface area contributed by atoms with Gasteiger partial charge in [0.2, 0.25) is 0 Å². The van der Waals surface area contributed by atoms with Crippen molar-refractivity contribution >= 4 is 24.1 Å². The Bertz CT molecular complexity index is 801. The maximum atomic E-state index is 12.8. The molecule has 0 saturated carbocycles. The Hall–Kier alpha value is -2.11. The van der Waals surface area contributed by atoms with E-state index >= 15 is 0 Å². The van der Waals surface area contributed by atoms with Gasteiger partial charge in [-0.1, -0.05) is 24.3 Å². The molecule has 144 valence electrons. The zero-order valence-electron chi connectivity index (χ0n) is 15.4. The number of furan rings is 1. The smallest absolute Gasteiger partial charge is 0.289 e. The molecule has 1 aromatic carbocycles. The second kappa shape index (κ2) is 8.28. The third-order valence-electron chi connectivity index (χ3n) is 5.70. The zero-order valence-corrected chi connectivity index (χ0v) is 16.3. The van der Waals surface area contributed by atoms with Crippen molar-refractivity contribution in [2.75, 3.05) is 26.2 Å². The van der Waals surface area contributed by atoms with Crippen molar-refractivity contribution in [1.29, 1.82) is 0 Å². The quantitative estimate of drug-likeness (QED) is 0.815. The first-order chi connectivity index (χ1) is 12.6. The van der Waals surface area contributed by atoms with E-state index in [1.165, 1.54) is 0 Å². The standard InChI is InChI=1S/C21H24N2O3.ClH/c1-14(24)15-2-4-16(5-3-15)19-6-7-20(26-19)21(25)23-10-8-17-12-22-13-18(17)9-11-23;/h2-7,17-18,22H,8-13H2,1H3;1H/t17-,18+;. The van der Waals surface area contributed by atoms with Crippen LogP contribution in [0, 0.1) is 11.8 Å². The fourth-order valence-electron chi connectivity index (χ4n) is 4.05. The Kier molecular flexibility index (Phi) is 6.02. The Morgan fingerprint density at radius 2 is 1.63 bits per heavy atom. The molecule has 6 heteroatoms. The summed E-state index contributed by atoms with van der Waals surface area (Å²) in [5, 5.41) is 3.46. The molecule has 2 aliphatic heterocycles. The second-order valence-corrected chi connectivity index (χ2v) is 7.35. The van der Waals surface area contributed by atoms with Gasteiger partial charge < -0.3 is 14.6 Å². The number of likely N-dealkylation sites (tertiary alicyclic amines) is 1. The predicted octanol–water partition coefficient (Wildman–Crippen LogP) is 3.64. The third kappa shape index (κ3) is 4.09. The van der Waals surface area contributed by atoms with Crippen molar-refractivity contribution in [3.8, 4) is 11.3 Å². The summed E-state index contributed by atoms with van der Waals surface area (Å²) < 4.78 is 5.83. The molecule has 2 atom stereocenters. The first-order valence-electron chi connectivity index (χ1n) is 9.33. The summed E-state index contributed by atoms with van der Waals surface area (Å²) >= 11 is 0. The van der Waals surface area contributed by atoms with Gasteiger partial charge in [0.25, 0.3) is 5.91 Å². The van der Waals surface area contributed by atoms with Gasteiger partial charge in [0, 0.05) is 24.2 Å². The van der Waals surface area contributed by atoms with Crippen LogP contribution in [0.1, 0.15) is 40.7 Å². The molecule has 2 saturated heterocycles. The summed E-state index contributed by atoms with van der Waals surface area (Å²) in [5.41, 5.74) is 1.53. The highest BCUT2D eigenvalue weighted by atomic mass is 35.5. The summed E-state index contributed by atoms with van der Waals surface area (Å²) in [6.45, 7) is 5.29. The highest BCUT2D eigenvalue weighted by Gasteiger charge is 2.32. The number of hydrogen-bond donors (Lipinski definition) is 1. The van der Waals surface area contributed by atoms with Crippen molar-refractivity contribution in [3.63, 3.8) is 0 Å². The molecule has 2 aromatic rings. The second-order valence-electron chi connectivity index (χ2n) is 7.35. The molecule has 27 heavy (non-hydrogen) atoms. The Labute approximate surface area is 165 Å². The number of Topliss-reactive ketones (excluding diaryl/α,β-unsaturated/α-hetero) is 1. The predicted molar refractivity (Wildman–Crippen MR) is 106 cm³/mol. The zero-order chi connectivity index (χ0) is 18.1. The Balaban J connectivity index is 0.00000210. The van der Waals surface area contributed by atoms with E-state index in [0.717, 1.165) is 44.6 Å². The summed E-state index contributed by atoms with van der Waals surface area (Å²) in [5.74, 6) is 2.44. The molecule has 0 aliphatic carbocycles. The van der Waals surface area contributed by atoms with Gasteiger partial charge in [-0.25, -0.2) is 0 Å². The molecular weight excluding hydrogens is 364 g/mol. The Morgan fingerprint density at radius 3 is 2.22 bits per heavy atom. The summed E-state index contributed by atoms with van der Waals surface area (Å²) in [6.07, 6.45) is 2.12. The monoisotopic (exact) mass is 388 g/mol. The van der Waals surface area contributed by atoms with Crippen molar-refractivity contribution in [2.24, 2.45) is 11.8 Å². The molecule has 2 fully saturated rings. The van der Waals surface area contributed by atoms with E-state index in [2.05, 4.69) is 5.32 Å². The molecule has 5 nitrogen and oxygen atoms in total. The van der Waals surface area contributed by atoms with E-state index in [9.17, 15) is 9.59 Å². The number of ketones is 1. The van der Waals surface area contributed by atoms with Crippen LogP contribution in [0.5, 0.6) is 0 Å². The third-order valence-corrected chi connectivity index (χ3v) is 5.70. The van der Waals surface area contributed by atoms with E-state index in [1.54, 1.807) is 25.1 Å². The maximum absolute atomic E-state index is 12.8. The van der Waals surface area contributed by atoms with Crippen LogP contribution in [-0.4, -0.2) is 42.8 Å². The van der Waals surface area contributed by atoms with Crippen LogP contribution in [0.25, 0.3) is 11.3 Å². The van der Waals surface area contributed by atoms with Crippen LogP contribution in [-0.2, 0) is 0 Å². The minimum absolute atomic E-state index is 0. The van der Waals surface area contributed by atoms with Gasteiger partial charge in [-0.05, 0) is 56.8 Å². The van der Waals surface area contributed by atoms with Crippen LogP contribution in [0.3, 0.4) is 0 Å². The van der Waals surface area contributed by atoms with Gasteiger partial charge >= 0.3 is 0 Å². The van der Waals surface area contributed by atoms with Crippen molar-refractivity contribution in [1.82, 2.24) is 10.2 Å². The van der Waals surface area contributed by atoms with Gasteiger partial charge in [0.1, 0.15) is 5.76 Å². The van der Waals surface area contributed by atoms with E-state index < -0.39 is 0 Å². The molecule has 1 N–H and O–H groups in total. The number of carbonyl (C=O) groups excluding carboxylic acids is 2. The fraction of sp³-hybridized carbons (Fsp3) is 0.429. The molecule has 1 amide bonds. The van der Waals surface area contributed by atoms with Gasteiger partial charge in [-0.2, -0.15) is 0 Å². The minimum Gasteiger partial charge on any atom is -0.451 e. The summed E-state index contributed by atoms with van der Waals surface area (Å²) in [7, 11) is 0. The largest absolute Gasteiger partial charge is 0.451 e. The lowest BCUT2D eigenvalue weighted by Gasteiger charge is -2.19. The highest BCUT2D eigenvalue weighted by Crippen LogP contribution is 2.29. The number of halogens is 1. The number of rotatable bonds is 3. The number of fused-ring (bicyclic) bond motifs is 1. The molecule has 0 bridgehead atoms.